The van der Waals surface area contributed by atoms with Gasteiger partial charge in [-0.2, -0.15) is 18.3 Å². The normalized spacial score (nSPS) is 15.0. The van der Waals surface area contributed by atoms with Gasteiger partial charge < -0.3 is 4.90 Å². The molecule has 0 spiro atoms. The van der Waals surface area contributed by atoms with Crippen LogP contribution in [0.2, 0.25) is 0 Å². The number of para-hydroxylation sites is 1. The van der Waals surface area contributed by atoms with E-state index in [9.17, 15) is 22.8 Å². The Hall–Kier alpha value is -3.53. The molecule has 1 aliphatic rings. The zero-order chi connectivity index (χ0) is 23.6. The Morgan fingerprint density at radius 2 is 1.70 bits per heavy atom. The van der Waals surface area contributed by atoms with Gasteiger partial charge in [0.05, 0.1) is 11.3 Å². The van der Waals surface area contributed by atoms with Crippen molar-refractivity contribution in [2.45, 2.75) is 19.6 Å². The highest BCUT2D eigenvalue weighted by Gasteiger charge is 2.34. The highest BCUT2D eigenvalue weighted by atomic mass is 19.4. The van der Waals surface area contributed by atoms with Crippen LogP contribution in [0.4, 0.5) is 13.2 Å². The number of pyridine rings is 1. The summed E-state index contributed by atoms with van der Waals surface area (Å²) in [6, 6.07) is 9.93. The first kappa shape index (κ1) is 22.7. The summed E-state index contributed by atoms with van der Waals surface area (Å²) in [6.45, 7) is 4.17. The van der Waals surface area contributed by atoms with E-state index in [0.29, 0.717) is 32.7 Å². The van der Waals surface area contributed by atoms with Crippen molar-refractivity contribution in [2.75, 3.05) is 26.2 Å². The topological polar surface area (TPSA) is 71.3 Å². The molecule has 33 heavy (non-hydrogen) atoms. The maximum absolute atomic E-state index is 13.5. The van der Waals surface area contributed by atoms with Crippen LogP contribution in [0.1, 0.15) is 27.3 Å². The summed E-state index contributed by atoms with van der Waals surface area (Å²) in [5.41, 5.74) is -0.824. The van der Waals surface area contributed by atoms with Gasteiger partial charge in [0.1, 0.15) is 0 Å². The number of carbonyl (C=O) groups excluding carboxylic acids is 1. The molecule has 0 bridgehead atoms. The van der Waals surface area contributed by atoms with Crippen LogP contribution in [0.5, 0.6) is 0 Å². The Balaban J connectivity index is 1.56. The van der Waals surface area contributed by atoms with Crippen LogP contribution in [0.15, 0.2) is 59.7 Å². The van der Waals surface area contributed by atoms with Crippen molar-refractivity contribution in [1.29, 1.82) is 0 Å². The number of rotatable bonds is 4. The molecule has 1 aliphatic heterocycles. The molecule has 1 fully saturated rings. The van der Waals surface area contributed by atoms with Crippen molar-refractivity contribution in [1.82, 2.24) is 24.6 Å². The number of benzene rings is 1. The molecular formula is C23H22F3N5O2. The van der Waals surface area contributed by atoms with Crippen molar-refractivity contribution in [3.8, 4) is 5.69 Å². The molecule has 1 aromatic carbocycles. The number of aryl methyl sites for hydroxylation is 1. The Morgan fingerprint density at radius 1 is 1.03 bits per heavy atom. The summed E-state index contributed by atoms with van der Waals surface area (Å²) >= 11 is 0. The first-order valence-electron chi connectivity index (χ1n) is 10.4. The molecule has 3 heterocycles. The van der Waals surface area contributed by atoms with Crippen molar-refractivity contribution in [2.24, 2.45) is 0 Å². The lowest BCUT2D eigenvalue weighted by atomic mass is 10.1. The van der Waals surface area contributed by atoms with E-state index in [0.717, 1.165) is 22.4 Å². The van der Waals surface area contributed by atoms with E-state index < -0.39 is 23.1 Å². The van der Waals surface area contributed by atoms with E-state index in [1.165, 1.54) is 30.0 Å². The number of carbonyl (C=O) groups is 1. The summed E-state index contributed by atoms with van der Waals surface area (Å²) in [7, 11) is 0. The van der Waals surface area contributed by atoms with Crippen LogP contribution in [0.25, 0.3) is 5.69 Å². The fraction of sp³-hybridized carbons (Fsp3) is 0.304. The second-order valence-electron chi connectivity index (χ2n) is 7.85. The molecule has 10 heteroatoms. The summed E-state index contributed by atoms with van der Waals surface area (Å²) in [5, 5.41) is 4.07. The highest BCUT2D eigenvalue weighted by molar-refractivity contribution is 5.92. The number of alkyl halides is 3. The second kappa shape index (κ2) is 9.14. The molecule has 1 saturated heterocycles. The predicted molar refractivity (Wildman–Crippen MR) is 115 cm³/mol. The van der Waals surface area contributed by atoms with Crippen molar-refractivity contribution < 1.29 is 18.0 Å². The second-order valence-corrected chi connectivity index (χ2v) is 7.85. The van der Waals surface area contributed by atoms with Crippen molar-refractivity contribution in [3.05, 3.63) is 87.6 Å². The number of halogens is 3. The third kappa shape index (κ3) is 4.95. The fourth-order valence-electron chi connectivity index (χ4n) is 3.84. The highest BCUT2D eigenvalue weighted by Crippen LogP contribution is 2.33. The average Bonchev–Trinajstić information content (AvgIpc) is 2.79. The minimum Gasteiger partial charge on any atom is -0.335 e. The Bertz CT molecular complexity index is 1200. The Labute approximate surface area is 188 Å². The van der Waals surface area contributed by atoms with E-state index in [4.69, 9.17) is 0 Å². The number of amides is 1. The van der Waals surface area contributed by atoms with Gasteiger partial charge in [-0.05, 0) is 36.8 Å². The molecule has 0 atom stereocenters. The van der Waals surface area contributed by atoms with Gasteiger partial charge in [0.25, 0.3) is 5.91 Å². The average molecular weight is 457 g/mol. The van der Waals surface area contributed by atoms with Crippen LogP contribution < -0.4 is 5.43 Å². The lowest BCUT2D eigenvalue weighted by Gasteiger charge is -2.34. The monoisotopic (exact) mass is 457 g/mol. The van der Waals surface area contributed by atoms with Gasteiger partial charge >= 0.3 is 6.18 Å². The van der Waals surface area contributed by atoms with Crippen LogP contribution >= 0.6 is 0 Å². The summed E-state index contributed by atoms with van der Waals surface area (Å²) < 4.78 is 41.5. The first-order valence-corrected chi connectivity index (χ1v) is 10.4. The first-order chi connectivity index (χ1) is 15.7. The predicted octanol–water partition coefficient (Wildman–Crippen LogP) is 2.91. The number of nitrogens with zero attached hydrogens (tertiary/aromatic N) is 5. The smallest absolute Gasteiger partial charge is 0.335 e. The summed E-state index contributed by atoms with van der Waals surface area (Å²) in [5.74, 6) is -0.582. The number of piperazine rings is 1. The van der Waals surface area contributed by atoms with Crippen LogP contribution in [-0.2, 0) is 12.7 Å². The zero-order valence-corrected chi connectivity index (χ0v) is 17.9. The van der Waals surface area contributed by atoms with E-state index in [1.807, 2.05) is 12.1 Å². The van der Waals surface area contributed by atoms with E-state index in [-0.39, 0.29) is 17.1 Å². The maximum atomic E-state index is 13.5. The Morgan fingerprint density at radius 3 is 2.36 bits per heavy atom. The van der Waals surface area contributed by atoms with Gasteiger partial charge in [-0.3, -0.25) is 19.5 Å². The van der Waals surface area contributed by atoms with Crippen LogP contribution in [0.3, 0.4) is 0 Å². The molecule has 3 aromatic rings. The van der Waals surface area contributed by atoms with E-state index in [2.05, 4.69) is 15.0 Å². The molecule has 0 unspecified atom stereocenters. The van der Waals surface area contributed by atoms with Crippen LogP contribution in [0, 0.1) is 6.92 Å². The quantitative estimate of drug-likeness (QED) is 0.603. The van der Waals surface area contributed by atoms with E-state index >= 15 is 0 Å². The van der Waals surface area contributed by atoms with Gasteiger partial charge in [0, 0.05) is 56.9 Å². The van der Waals surface area contributed by atoms with Crippen molar-refractivity contribution in [3.63, 3.8) is 0 Å². The third-order valence-corrected chi connectivity index (χ3v) is 5.56. The SMILES string of the molecule is Cc1cc(=O)c(C(=O)N2CCN(Cc3ccncc3)CC2)nn1-c1ccccc1C(F)(F)F. The number of hydrogen-bond donors (Lipinski definition) is 0. The minimum absolute atomic E-state index is 0.204. The van der Waals surface area contributed by atoms with Gasteiger partial charge in [-0.25, -0.2) is 4.68 Å². The molecule has 0 N–H and O–H groups in total. The third-order valence-electron chi connectivity index (χ3n) is 5.56. The number of aromatic nitrogens is 3. The fourth-order valence-corrected chi connectivity index (χ4v) is 3.84. The van der Waals surface area contributed by atoms with Crippen molar-refractivity contribution >= 4 is 5.91 Å². The molecule has 0 radical (unpaired) electrons. The van der Waals surface area contributed by atoms with Gasteiger partial charge in [-0.1, -0.05) is 12.1 Å². The maximum Gasteiger partial charge on any atom is 0.418 e. The zero-order valence-electron chi connectivity index (χ0n) is 17.9. The summed E-state index contributed by atoms with van der Waals surface area (Å²) in [6.07, 6.45) is -1.16. The molecule has 2 aromatic heterocycles. The molecule has 0 saturated carbocycles. The lowest BCUT2D eigenvalue weighted by molar-refractivity contribution is -0.137. The molecule has 7 nitrogen and oxygen atoms in total. The molecule has 1 amide bonds. The molecule has 4 rings (SSSR count). The summed E-state index contributed by atoms with van der Waals surface area (Å²) in [4.78, 5) is 33.3. The molecule has 172 valence electrons. The van der Waals surface area contributed by atoms with Gasteiger partial charge in [-0.15, -0.1) is 0 Å². The molecule has 0 aliphatic carbocycles. The van der Waals surface area contributed by atoms with Crippen LogP contribution in [-0.4, -0.2) is 56.7 Å². The number of hydrogen-bond acceptors (Lipinski definition) is 5. The van der Waals surface area contributed by atoms with E-state index in [1.54, 1.807) is 12.4 Å². The lowest BCUT2D eigenvalue weighted by Crippen LogP contribution is -2.49. The largest absolute Gasteiger partial charge is 0.418 e. The Kier molecular flexibility index (Phi) is 6.28. The minimum atomic E-state index is -4.61. The molecular weight excluding hydrogens is 435 g/mol. The van der Waals surface area contributed by atoms with Gasteiger partial charge in [0.15, 0.2) is 5.69 Å². The standard InChI is InChI=1S/C23H22F3N5O2/c1-16-14-20(32)21(28-31(16)19-5-3-2-4-18(19)23(24,25)26)22(33)30-12-10-29(11-13-30)15-17-6-8-27-9-7-17/h2-9,14H,10-13,15H2,1H3. The van der Waals surface area contributed by atoms with Gasteiger partial charge in [0.2, 0.25) is 5.43 Å².